The second-order valence-corrected chi connectivity index (χ2v) is 6.81. The van der Waals surface area contributed by atoms with Gasteiger partial charge in [0.25, 0.3) is 5.91 Å². The molecule has 0 aliphatic heterocycles. The molecule has 3 heterocycles. The molecule has 0 saturated carbocycles. The van der Waals surface area contributed by atoms with Crippen LogP contribution < -0.4 is 0 Å². The van der Waals surface area contributed by atoms with Crippen LogP contribution in [-0.4, -0.2) is 42.2 Å². The molecule has 150 valence electrons. The van der Waals surface area contributed by atoms with Crippen molar-refractivity contribution in [2.24, 2.45) is 0 Å². The van der Waals surface area contributed by atoms with Crippen molar-refractivity contribution >= 4 is 23.2 Å². The molecule has 0 fully saturated rings. The quantitative estimate of drug-likeness (QED) is 0.655. The Morgan fingerprint density at radius 1 is 1.29 bits per heavy atom. The highest BCUT2D eigenvalue weighted by molar-refractivity contribution is 6.36. The molecule has 0 aliphatic rings. The highest BCUT2D eigenvalue weighted by Gasteiger charge is 2.36. The van der Waals surface area contributed by atoms with E-state index in [0.29, 0.717) is 11.1 Å². The topological polar surface area (TPSA) is 68.3 Å². The molecule has 0 N–H and O–H groups in total. The predicted octanol–water partition coefficient (Wildman–Crippen LogP) is 3.51. The highest BCUT2D eigenvalue weighted by atomic mass is 35.5. The summed E-state index contributed by atoms with van der Waals surface area (Å²) in [7, 11) is 1.52. The minimum atomic E-state index is -4.67. The maximum absolute atomic E-state index is 13.3. The molecular formula is C17H18ClF3N6O. The lowest BCUT2D eigenvalue weighted by atomic mass is 10.2. The fourth-order valence-electron chi connectivity index (χ4n) is 2.84. The van der Waals surface area contributed by atoms with Crippen LogP contribution in [0.5, 0.6) is 0 Å². The number of aromatic nitrogens is 5. The molecule has 0 aromatic carbocycles. The average Bonchev–Trinajstić information content (AvgIpc) is 3.13. The number of aryl methyl sites for hydroxylation is 3. The summed E-state index contributed by atoms with van der Waals surface area (Å²) in [5.74, 6) is -0.607. The highest BCUT2D eigenvalue weighted by Crippen LogP contribution is 2.32. The number of carbonyl (C=O) groups excluding carboxylic acids is 1. The molecule has 3 rings (SSSR count). The van der Waals surface area contributed by atoms with Crippen LogP contribution in [-0.2, 0) is 19.3 Å². The SMILES string of the molecule is CCn1cc(CN(C)C(=O)c2nn3c(C(F)(F)F)cc(C)nc3c2Cl)c(C)n1. The van der Waals surface area contributed by atoms with E-state index in [0.717, 1.165) is 17.3 Å². The van der Waals surface area contributed by atoms with Gasteiger partial charge in [-0.25, -0.2) is 9.50 Å². The van der Waals surface area contributed by atoms with E-state index >= 15 is 0 Å². The van der Waals surface area contributed by atoms with Crippen molar-refractivity contribution in [3.05, 3.63) is 45.6 Å². The zero-order chi connectivity index (χ0) is 20.8. The molecule has 1 amide bonds. The lowest BCUT2D eigenvalue weighted by Gasteiger charge is -2.15. The van der Waals surface area contributed by atoms with Gasteiger partial charge in [-0.3, -0.25) is 9.48 Å². The number of hydrogen-bond acceptors (Lipinski definition) is 4. The molecular weight excluding hydrogens is 397 g/mol. The second-order valence-electron chi connectivity index (χ2n) is 6.44. The lowest BCUT2D eigenvalue weighted by molar-refractivity contribution is -0.142. The van der Waals surface area contributed by atoms with Crippen LogP contribution in [0, 0.1) is 13.8 Å². The van der Waals surface area contributed by atoms with Crippen molar-refractivity contribution in [2.75, 3.05) is 7.05 Å². The Hall–Kier alpha value is -2.62. The largest absolute Gasteiger partial charge is 0.433 e. The summed E-state index contributed by atoms with van der Waals surface area (Å²) in [4.78, 5) is 18.1. The third-order valence-corrected chi connectivity index (χ3v) is 4.63. The van der Waals surface area contributed by atoms with E-state index in [9.17, 15) is 18.0 Å². The maximum Gasteiger partial charge on any atom is 0.433 e. The molecule has 0 unspecified atom stereocenters. The minimum absolute atomic E-state index is 0.122. The number of carbonyl (C=O) groups is 1. The van der Waals surface area contributed by atoms with Crippen LogP contribution in [0.4, 0.5) is 13.2 Å². The van der Waals surface area contributed by atoms with Crippen molar-refractivity contribution in [3.8, 4) is 0 Å². The monoisotopic (exact) mass is 414 g/mol. The number of fused-ring (bicyclic) bond motifs is 1. The van der Waals surface area contributed by atoms with Crippen molar-refractivity contribution in [1.82, 2.24) is 29.3 Å². The summed E-state index contributed by atoms with van der Waals surface area (Å²) in [5.41, 5.74) is 0.172. The van der Waals surface area contributed by atoms with Crippen LogP contribution >= 0.6 is 11.6 Å². The molecule has 3 aromatic rings. The Morgan fingerprint density at radius 2 is 1.96 bits per heavy atom. The molecule has 3 aromatic heterocycles. The van der Waals surface area contributed by atoms with Gasteiger partial charge in [-0.05, 0) is 26.8 Å². The summed E-state index contributed by atoms with van der Waals surface area (Å²) in [6.07, 6.45) is -2.85. The van der Waals surface area contributed by atoms with E-state index in [1.807, 2.05) is 20.0 Å². The summed E-state index contributed by atoms with van der Waals surface area (Å²) in [5, 5.41) is 7.91. The molecule has 7 nitrogen and oxygen atoms in total. The number of alkyl halides is 3. The van der Waals surface area contributed by atoms with Crippen LogP contribution in [0.15, 0.2) is 12.3 Å². The molecule has 11 heteroatoms. The van der Waals surface area contributed by atoms with E-state index in [2.05, 4.69) is 15.2 Å². The van der Waals surface area contributed by atoms with Gasteiger partial charge in [-0.2, -0.15) is 23.4 Å². The van der Waals surface area contributed by atoms with Crippen molar-refractivity contribution in [1.29, 1.82) is 0 Å². The van der Waals surface area contributed by atoms with Gasteiger partial charge in [-0.15, -0.1) is 0 Å². The zero-order valence-electron chi connectivity index (χ0n) is 15.7. The van der Waals surface area contributed by atoms with Crippen LogP contribution in [0.25, 0.3) is 5.65 Å². The number of nitrogens with zero attached hydrogens (tertiary/aromatic N) is 6. The van der Waals surface area contributed by atoms with Gasteiger partial charge in [-0.1, -0.05) is 11.6 Å². The molecule has 0 spiro atoms. The first kappa shape index (κ1) is 20.1. The molecule has 0 saturated heterocycles. The first-order chi connectivity index (χ1) is 13.0. The number of halogens is 4. The molecule has 28 heavy (non-hydrogen) atoms. The predicted molar refractivity (Wildman–Crippen MR) is 96.2 cm³/mol. The third-order valence-electron chi connectivity index (χ3n) is 4.28. The van der Waals surface area contributed by atoms with Gasteiger partial charge in [0.05, 0.1) is 5.69 Å². The van der Waals surface area contributed by atoms with E-state index in [1.165, 1.54) is 18.9 Å². The first-order valence-corrected chi connectivity index (χ1v) is 8.82. The van der Waals surface area contributed by atoms with Gasteiger partial charge < -0.3 is 4.90 Å². The Kier molecular flexibility index (Phi) is 5.09. The Balaban J connectivity index is 1.99. The van der Waals surface area contributed by atoms with E-state index in [-0.39, 0.29) is 28.6 Å². The summed E-state index contributed by atoms with van der Waals surface area (Å²) >= 11 is 6.17. The van der Waals surface area contributed by atoms with Gasteiger partial charge in [0.1, 0.15) is 10.7 Å². The van der Waals surface area contributed by atoms with Crippen molar-refractivity contribution in [2.45, 2.75) is 40.0 Å². The zero-order valence-corrected chi connectivity index (χ0v) is 16.4. The van der Waals surface area contributed by atoms with Gasteiger partial charge in [0.15, 0.2) is 11.3 Å². The Bertz CT molecular complexity index is 1060. The van der Waals surface area contributed by atoms with Crippen molar-refractivity contribution < 1.29 is 18.0 Å². The first-order valence-electron chi connectivity index (χ1n) is 8.44. The van der Waals surface area contributed by atoms with E-state index in [4.69, 9.17) is 11.6 Å². The fourth-order valence-corrected chi connectivity index (χ4v) is 3.08. The molecule has 0 bridgehead atoms. The molecule has 0 atom stereocenters. The lowest BCUT2D eigenvalue weighted by Crippen LogP contribution is -2.27. The van der Waals surface area contributed by atoms with Crippen LogP contribution in [0.2, 0.25) is 5.02 Å². The smallest absolute Gasteiger partial charge is 0.336 e. The van der Waals surface area contributed by atoms with Crippen molar-refractivity contribution in [3.63, 3.8) is 0 Å². The van der Waals surface area contributed by atoms with Crippen LogP contribution in [0.1, 0.15) is 40.1 Å². The summed E-state index contributed by atoms with van der Waals surface area (Å²) in [6, 6.07) is 0.858. The molecule has 0 radical (unpaired) electrons. The Morgan fingerprint density at radius 3 is 2.54 bits per heavy atom. The van der Waals surface area contributed by atoms with E-state index in [1.54, 1.807) is 4.68 Å². The Labute approximate surface area is 163 Å². The minimum Gasteiger partial charge on any atom is -0.336 e. The maximum atomic E-state index is 13.3. The van der Waals surface area contributed by atoms with Gasteiger partial charge in [0, 0.05) is 37.6 Å². The summed E-state index contributed by atoms with van der Waals surface area (Å²) < 4.78 is 42.3. The second kappa shape index (κ2) is 7.08. The normalized spacial score (nSPS) is 12.0. The fraction of sp³-hybridized carbons (Fsp3) is 0.412. The van der Waals surface area contributed by atoms with E-state index < -0.39 is 17.8 Å². The standard InChI is InChI=1S/C17H18ClF3N6O/c1-5-26-8-11(10(3)23-26)7-25(4)16(28)14-13(18)15-22-9(2)6-12(17(19,20)21)27(15)24-14/h6,8H,5,7H2,1-4H3. The molecule has 0 aliphatic carbocycles. The van der Waals surface area contributed by atoms with Gasteiger partial charge >= 0.3 is 6.18 Å². The number of amides is 1. The number of hydrogen-bond donors (Lipinski definition) is 0. The number of rotatable bonds is 4. The average molecular weight is 415 g/mol. The van der Waals surface area contributed by atoms with Gasteiger partial charge in [0.2, 0.25) is 0 Å². The van der Waals surface area contributed by atoms with Crippen LogP contribution in [0.3, 0.4) is 0 Å². The third kappa shape index (κ3) is 3.56. The summed E-state index contributed by atoms with van der Waals surface area (Å²) in [6.45, 7) is 6.07.